The third kappa shape index (κ3) is 4.34. The number of imidazole rings is 1. The Kier molecular flexibility index (Phi) is 6.50. The summed E-state index contributed by atoms with van der Waals surface area (Å²) in [4.78, 5) is 37.0. The number of pyridine rings is 1. The summed E-state index contributed by atoms with van der Waals surface area (Å²) in [6.45, 7) is 4.49. The monoisotopic (exact) mass is 485 g/mol. The lowest BCUT2D eigenvalue weighted by molar-refractivity contribution is -0.114. The van der Waals surface area contributed by atoms with Crippen molar-refractivity contribution in [1.82, 2.24) is 19.4 Å². The predicted octanol–water partition coefficient (Wildman–Crippen LogP) is 5.58. The van der Waals surface area contributed by atoms with Gasteiger partial charge >= 0.3 is 0 Å². The fraction of sp³-hybridized carbons (Fsp3) is 0.286. The van der Waals surface area contributed by atoms with Crippen LogP contribution < -0.4 is 5.32 Å². The van der Waals surface area contributed by atoms with Crippen molar-refractivity contribution in [1.29, 1.82) is 0 Å². The minimum Gasteiger partial charge on any atom is -0.330 e. The van der Waals surface area contributed by atoms with Crippen molar-refractivity contribution in [3.05, 3.63) is 77.9 Å². The minimum absolute atomic E-state index is 0.116. The number of benzene rings is 2. The molecule has 1 fully saturated rings. The number of amides is 2. The van der Waals surface area contributed by atoms with E-state index >= 15 is 0 Å². The van der Waals surface area contributed by atoms with Gasteiger partial charge in [0.2, 0.25) is 5.91 Å². The van der Waals surface area contributed by atoms with Gasteiger partial charge in [0.15, 0.2) is 0 Å². The van der Waals surface area contributed by atoms with Gasteiger partial charge in [0, 0.05) is 31.8 Å². The number of aryl methyl sites for hydroxylation is 1. The van der Waals surface area contributed by atoms with Gasteiger partial charge < -0.3 is 14.8 Å². The molecule has 2 aromatic carbocycles. The van der Waals surface area contributed by atoms with Crippen LogP contribution in [0.25, 0.3) is 22.4 Å². The number of fused-ring (bicyclic) bond motifs is 1. The van der Waals surface area contributed by atoms with Crippen LogP contribution in [-0.4, -0.2) is 37.8 Å². The molecule has 2 aromatic heterocycles. The van der Waals surface area contributed by atoms with Gasteiger partial charge in [-0.3, -0.25) is 14.6 Å². The van der Waals surface area contributed by atoms with Crippen molar-refractivity contribution in [3.63, 3.8) is 0 Å². The molecule has 7 nitrogen and oxygen atoms in total. The van der Waals surface area contributed by atoms with E-state index in [-0.39, 0.29) is 23.7 Å². The van der Waals surface area contributed by atoms with Gasteiger partial charge in [-0.15, -0.1) is 0 Å². The summed E-state index contributed by atoms with van der Waals surface area (Å²) in [5, 5.41) is 2.87. The van der Waals surface area contributed by atoms with Crippen LogP contribution in [-0.2, 0) is 11.3 Å². The van der Waals surface area contributed by atoms with Gasteiger partial charge in [-0.2, -0.15) is 0 Å². The van der Waals surface area contributed by atoms with Crippen molar-refractivity contribution < 1.29 is 14.0 Å². The lowest BCUT2D eigenvalue weighted by atomic mass is 9.97. The van der Waals surface area contributed by atoms with Gasteiger partial charge in [-0.1, -0.05) is 18.2 Å². The molecule has 36 heavy (non-hydrogen) atoms. The van der Waals surface area contributed by atoms with E-state index in [9.17, 15) is 14.0 Å². The van der Waals surface area contributed by atoms with Crippen molar-refractivity contribution >= 4 is 28.5 Å². The maximum Gasteiger partial charge on any atom is 0.254 e. The minimum atomic E-state index is -0.383. The van der Waals surface area contributed by atoms with Crippen LogP contribution in [0.2, 0.25) is 0 Å². The molecule has 5 rings (SSSR count). The third-order valence-electron chi connectivity index (χ3n) is 6.62. The second-order valence-electron chi connectivity index (χ2n) is 9.00. The van der Waals surface area contributed by atoms with E-state index in [1.165, 1.54) is 13.0 Å². The number of nitrogens with zero attached hydrogens (tertiary/aromatic N) is 4. The molecule has 1 aliphatic rings. The van der Waals surface area contributed by atoms with Crippen LogP contribution in [0.3, 0.4) is 0 Å². The summed E-state index contributed by atoms with van der Waals surface area (Å²) >= 11 is 0. The number of nitrogens with one attached hydrogen (secondary N) is 1. The number of hydrogen-bond acceptors (Lipinski definition) is 4. The van der Waals surface area contributed by atoms with Crippen LogP contribution in [0.1, 0.15) is 55.2 Å². The summed E-state index contributed by atoms with van der Waals surface area (Å²) in [5.74, 6) is -0.337. The number of hydrogen-bond donors (Lipinski definition) is 1. The first-order valence-corrected chi connectivity index (χ1v) is 12.3. The first-order valence-electron chi connectivity index (χ1n) is 12.3. The number of anilines is 1. The topological polar surface area (TPSA) is 80.1 Å². The van der Waals surface area contributed by atoms with Gasteiger partial charge in [-0.25, -0.2) is 9.37 Å². The lowest BCUT2D eigenvalue weighted by Gasteiger charge is -2.35. The lowest BCUT2D eigenvalue weighted by Crippen LogP contribution is -2.38. The molecule has 2 amide bonds. The highest BCUT2D eigenvalue weighted by Gasteiger charge is 2.30. The smallest absolute Gasteiger partial charge is 0.254 e. The molecule has 1 aliphatic heterocycles. The molecule has 8 heteroatoms. The van der Waals surface area contributed by atoms with Gasteiger partial charge in [0.1, 0.15) is 11.6 Å². The molecule has 1 saturated heterocycles. The van der Waals surface area contributed by atoms with Crippen LogP contribution in [0, 0.1) is 5.82 Å². The van der Waals surface area contributed by atoms with Crippen molar-refractivity contribution in [2.75, 3.05) is 11.9 Å². The highest BCUT2D eigenvalue weighted by molar-refractivity contribution is 6.06. The summed E-state index contributed by atoms with van der Waals surface area (Å²) in [7, 11) is 0. The zero-order chi connectivity index (χ0) is 25.2. The number of carbonyl (C=O) groups is 2. The zero-order valence-corrected chi connectivity index (χ0v) is 20.4. The molecule has 0 unspecified atom stereocenters. The van der Waals surface area contributed by atoms with E-state index in [0.717, 1.165) is 25.0 Å². The fourth-order valence-corrected chi connectivity index (χ4v) is 5.05. The Labute approximate surface area is 209 Å². The van der Waals surface area contributed by atoms with Crippen LogP contribution in [0.15, 0.2) is 60.8 Å². The van der Waals surface area contributed by atoms with E-state index in [1.54, 1.807) is 36.5 Å². The zero-order valence-electron chi connectivity index (χ0n) is 20.4. The maximum atomic E-state index is 14.7. The molecule has 1 atom stereocenters. The molecule has 0 saturated carbocycles. The second kappa shape index (κ2) is 9.89. The van der Waals surface area contributed by atoms with Crippen molar-refractivity contribution in [2.24, 2.45) is 0 Å². The van der Waals surface area contributed by atoms with Gasteiger partial charge in [0.25, 0.3) is 5.91 Å². The van der Waals surface area contributed by atoms with Crippen LogP contribution >= 0.6 is 0 Å². The average Bonchev–Trinajstić information content (AvgIpc) is 3.27. The maximum absolute atomic E-state index is 14.7. The molecule has 0 aliphatic carbocycles. The third-order valence-corrected chi connectivity index (χ3v) is 6.62. The van der Waals surface area contributed by atoms with Gasteiger partial charge in [-0.05, 0) is 62.6 Å². The standard InChI is InChI=1S/C28H28FN5O2/c1-3-33-26-23(31-18(2)35)16-19(17-24(26)32-27(33)20-10-4-5-11-21(20)29)28(36)34-15-9-7-13-25(34)22-12-6-8-14-30-22/h4-6,8,10-12,14,16-17,25H,3,7,9,13,15H2,1-2H3,(H,31,35)/t25-/m0/s1. The number of likely N-dealkylation sites (tertiary alicyclic amines) is 1. The number of rotatable bonds is 5. The van der Waals surface area contributed by atoms with E-state index in [1.807, 2.05) is 34.6 Å². The highest BCUT2D eigenvalue weighted by atomic mass is 19.1. The highest BCUT2D eigenvalue weighted by Crippen LogP contribution is 2.35. The summed E-state index contributed by atoms with van der Waals surface area (Å²) in [5.41, 5.74) is 3.31. The summed E-state index contributed by atoms with van der Waals surface area (Å²) in [6, 6.07) is 15.5. The van der Waals surface area contributed by atoms with E-state index in [4.69, 9.17) is 4.98 Å². The Bertz CT molecular complexity index is 1430. The van der Waals surface area contributed by atoms with Crippen molar-refractivity contribution in [2.45, 2.75) is 45.7 Å². The predicted molar refractivity (Wildman–Crippen MR) is 137 cm³/mol. The van der Waals surface area contributed by atoms with Gasteiger partial charge in [0.05, 0.1) is 34.0 Å². The Balaban J connectivity index is 1.64. The molecular weight excluding hydrogens is 457 g/mol. The second-order valence-corrected chi connectivity index (χ2v) is 9.00. The Morgan fingerprint density at radius 2 is 1.92 bits per heavy atom. The first kappa shape index (κ1) is 23.7. The summed E-state index contributed by atoms with van der Waals surface area (Å²) < 4.78 is 16.6. The number of aromatic nitrogens is 3. The number of piperidine rings is 1. The van der Waals surface area contributed by atoms with E-state index in [2.05, 4.69) is 10.3 Å². The first-order chi connectivity index (χ1) is 17.5. The molecule has 0 bridgehead atoms. The van der Waals surface area contributed by atoms with Crippen LogP contribution in [0.4, 0.5) is 10.1 Å². The molecule has 184 valence electrons. The Morgan fingerprint density at radius 3 is 2.64 bits per heavy atom. The SMILES string of the molecule is CCn1c(-c2ccccc2F)nc2cc(C(=O)N3CCCC[C@H]3c3ccccn3)cc(NC(C)=O)c21. The van der Waals surface area contributed by atoms with E-state index < -0.39 is 0 Å². The normalized spacial score (nSPS) is 15.8. The van der Waals surface area contributed by atoms with Crippen LogP contribution in [0.5, 0.6) is 0 Å². The largest absolute Gasteiger partial charge is 0.330 e. The quantitative estimate of drug-likeness (QED) is 0.400. The molecule has 0 radical (unpaired) electrons. The number of carbonyl (C=O) groups excluding carboxylic acids is 2. The summed E-state index contributed by atoms with van der Waals surface area (Å²) in [6.07, 6.45) is 4.52. The molecule has 4 aromatic rings. The molecule has 0 spiro atoms. The molecule has 3 heterocycles. The molecular formula is C28H28FN5O2. The Morgan fingerprint density at radius 1 is 1.11 bits per heavy atom. The number of halogens is 1. The Hall–Kier alpha value is -4.07. The molecule has 1 N–H and O–H groups in total. The van der Waals surface area contributed by atoms with Crippen molar-refractivity contribution in [3.8, 4) is 11.4 Å². The fourth-order valence-electron chi connectivity index (χ4n) is 5.05. The average molecular weight is 486 g/mol. The van der Waals surface area contributed by atoms with E-state index in [0.29, 0.717) is 46.8 Å².